The van der Waals surface area contributed by atoms with E-state index in [1.54, 1.807) is 28.7 Å². The van der Waals surface area contributed by atoms with Crippen molar-refractivity contribution >= 4 is 71.3 Å². The Labute approximate surface area is 203 Å². The number of hydrogen-bond acceptors (Lipinski definition) is 4. The first-order chi connectivity index (χ1) is 16.7. The van der Waals surface area contributed by atoms with E-state index in [4.69, 9.17) is 0 Å². The fourth-order valence-corrected chi connectivity index (χ4v) is 7.17. The van der Waals surface area contributed by atoms with Gasteiger partial charge in [-0.15, -0.1) is 22.7 Å². The molecule has 2 aromatic heterocycles. The average molecular weight is 473 g/mol. The summed E-state index contributed by atoms with van der Waals surface area (Å²) in [6, 6.07) is 30.6. The Hall–Kier alpha value is -3.86. The van der Waals surface area contributed by atoms with E-state index < -0.39 is 0 Å². The van der Waals surface area contributed by atoms with E-state index in [0.29, 0.717) is 11.1 Å². The molecule has 0 N–H and O–H groups in total. The third kappa shape index (κ3) is 2.93. The molecule has 1 aliphatic carbocycles. The second-order valence-corrected chi connectivity index (χ2v) is 10.7. The molecule has 4 heteroatoms. The quantitative estimate of drug-likeness (QED) is 0.187. The van der Waals surface area contributed by atoms with Crippen molar-refractivity contribution in [2.24, 2.45) is 0 Å². The van der Waals surface area contributed by atoms with Crippen LogP contribution in [0.5, 0.6) is 0 Å². The van der Waals surface area contributed by atoms with Crippen LogP contribution in [0.25, 0.3) is 47.5 Å². The maximum Gasteiger partial charge on any atom is 0.197 e. The highest BCUT2D eigenvalue weighted by Crippen LogP contribution is 2.41. The molecule has 34 heavy (non-hydrogen) atoms. The van der Waals surface area contributed by atoms with Crippen molar-refractivity contribution in [2.45, 2.75) is 0 Å². The SMILES string of the molecule is O=C1C(=Cc2cc3sc(-c4cccc5ccccc45)cc3s2)C(=O)c2cc3ccccc3cc21. The molecule has 2 nitrogen and oxygen atoms in total. The maximum absolute atomic E-state index is 13.1. The normalized spacial score (nSPS) is 13.4. The van der Waals surface area contributed by atoms with Gasteiger partial charge in [0.2, 0.25) is 0 Å². The predicted molar refractivity (Wildman–Crippen MR) is 143 cm³/mol. The Balaban J connectivity index is 1.28. The fraction of sp³-hybridized carbons (Fsp3) is 0. The number of carbonyl (C=O) groups excluding carboxylic acids is 2. The van der Waals surface area contributed by atoms with Crippen molar-refractivity contribution in [3.8, 4) is 10.4 Å². The first-order valence-electron chi connectivity index (χ1n) is 11.0. The van der Waals surface area contributed by atoms with Gasteiger partial charge in [0, 0.05) is 30.3 Å². The molecule has 0 saturated heterocycles. The molecule has 1 aliphatic rings. The zero-order valence-corrected chi connectivity index (χ0v) is 19.5. The Kier molecular flexibility index (Phi) is 4.22. The summed E-state index contributed by atoms with van der Waals surface area (Å²) < 4.78 is 2.34. The van der Waals surface area contributed by atoms with Crippen LogP contribution in [0, 0.1) is 0 Å². The number of thiophene rings is 2. The molecule has 0 fully saturated rings. The molecular formula is C30H16O2S2. The number of hydrogen-bond donors (Lipinski definition) is 0. The van der Waals surface area contributed by atoms with Crippen molar-refractivity contribution in [3.05, 3.63) is 113 Å². The van der Waals surface area contributed by atoms with Crippen LogP contribution in [0.4, 0.5) is 0 Å². The van der Waals surface area contributed by atoms with Gasteiger partial charge in [-0.05, 0) is 57.4 Å². The van der Waals surface area contributed by atoms with E-state index in [1.165, 1.54) is 30.6 Å². The average Bonchev–Trinajstić information content (AvgIpc) is 3.50. The maximum atomic E-state index is 13.1. The lowest BCUT2D eigenvalue weighted by Crippen LogP contribution is -1.99. The van der Waals surface area contributed by atoms with Gasteiger partial charge >= 0.3 is 0 Å². The first kappa shape index (κ1) is 19.6. The summed E-state index contributed by atoms with van der Waals surface area (Å²) in [6.45, 7) is 0. The summed E-state index contributed by atoms with van der Waals surface area (Å²) in [5, 5.41) is 4.42. The van der Waals surface area contributed by atoms with Crippen LogP contribution >= 0.6 is 22.7 Å². The lowest BCUT2D eigenvalue weighted by Gasteiger charge is -2.03. The molecule has 0 saturated carbocycles. The van der Waals surface area contributed by atoms with Gasteiger partial charge in [-0.2, -0.15) is 0 Å². The smallest absolute Gasteiger partial charge is 0.197 e. The van der Waals surface area contributed by atoms with Crippen LogP contribution in [0.2, 0.25) is 0 Å². The van der Waals surface area contributed by atoms with Gasteiger partial charge < -0.3 is 0 Å². The summed E-state index contributed by atoms with van der Waals surface area (Å²) in [5.74, 6) is -0.363. The number of fused-ring (bicyclic) bond motifs is 4. The number of benzene rings is 4. The van der Waals surface area contributed by atoms with Gasteiger partial charge in [0.05, 0.1) is 5.57 Å². The Morgan fingerprint density at radius 3 is 1.88 bits per heavy atom. The zero-order chi connectivity index (χ0) is 22.8. The zero-order valence-electron chi connectivity index (χ0n) is 17.9. The minimum Gasteiger partial charge on any atom is -0.288 e. The lowest BCUT2D eigenvalue weighted by molar-refractivity contribution is 0.0990. The third-order valence-electron chi connectivity index (χ3n) is 6.43. The van der Waals surface area contributed by atoms with Crippen LogP contribution in [-0.4, -0.2) is 11.6 Å². The molecule has 0 aliphatic heterocycles. The van der Waals surface area contributed by atoms with Crippen LogP contribution in [0.15, 0.2) is 96.6 Å². The highest BCUT2D eigenvalue weighted by Gasteiger charge is 2.33. The van der Waals surface area contributed by atoms with E-state index in [9.17, 15) is 9.59 Å². The van der Waals surface area contributed by atoms with Crippen molar-refractivity contribution in [2.75, 3.05) is 0 Å². The first-order valence-corrected chi connectivity index (χ1v) is 12.6. The Morgan fingerprint density at radius 1 is 0.559 bits per heavy atom. The molecule has 0 bridgehead atoms. The van der Waals surface area contributed by atoms with Crippen molar-refractivity contribution < 1.29 is 9.59 Å². The summed E-state index contributed by atoms with van der Waals surface area (Å²) in [5.41, 5.74) is 2.50. The van der Waals surface area contributed by atoms with Crippen LogP contribution < -0.4 is 0 Å². The molecule has 0 atom stereocenters. The van der Waals surface area contributed by atoms with Gasteiger partial charge in [-0.25, -0.2) is 0 Å². The van der Waals surface area contributed by atoms with E-state index >= 15 is 0 Å². The number of Topliss-reactive ketones (excluding diaryl/α,β-unsaturated/α-hetero) is 2. The molecular weight excluding hydrogens is 456 g/mol. The van der Waals surface area contributed by atoms with Crippen LogP contribution in [0.3, 0.4) is 0 Å². The number of carbonyl (C=O) groups is 2. The Bertz CT molecular complexity index is 1760. The minimum atomic E-state index is -0.182. The van der Waals surface area contributed by atoms with E-state index in [2.05, 4.69) is 54.6 Å². The summed E-state index contributed by atoms with van der Waals surface area (Å²) in [7, 11) is 0. The molecule has 0 spiro atoms. The fourth-order valence-electron chi connectivity index (χ4n) is 4.78. The Morgan fingerprint density at radius 2 is 1.18 bits per heavy atom. The molecule has 7 rings (SSSR count). The number of ketones is 2. The molecule has 0 amide bonds. The van der Waals surface area contributed by atoms with Gasteiger partial charge in [-0.3, -0.25) is 9.59 Å². The monoisotopic (exact) mass is 472 g/mol. The van der Waals surface area contributed by atoms with Gasteiger partial charge in [0.25, 0.3) is 0 Å². The molecule has 2 heterocycles. The number of rotatable bonds is 2. The van der Waals surface area contributed by atoms with Crippen molar-refractivity contribution in [3.63, 3.8) is 0 Å². The molecule has 0 radical (unpaired) electrons. The lowest BCUT2D eigenvalue weighted by atomic mass is 10.0. The summed E-state index contributed by atoms with van der Waals surface area (Å²) >= 11 is 3.37. The van der Waals surface area contributed by atoms with Gasteiger partial charge in [-0.1, -0.05) is 66.7 Å². The predicted octanol–water partition coefficient (Wildman–Crippen LogP) is 8.40. The van der Waals surface area contributed by atoms with Crippen molar-refractivity contribution in [1.82, 2.24) is 0 Å². The third-order valence-corrected chi connectivity index (χ3v) is 8.71. The van der Waals surface area contributed by atoms with E-state index in [-0.39, 0.29) is 17.1 Å². The standard InChI is InChI=1S/C30H16O2S2/c31-29-23-12-18-7-1-2-8-19(18)13-24(23)30(32)25(29)14-20-15-27-28(33-20)16-26(34-27)22-11-5-9-17-6-3-4-10-21(17)22/h1-16H. The van der Waals surface area contributed by atoms with Crippen LogP contribution in [-0.2, 0) is 0 Å². The molecule has 4 aromatic carbocycles. The largest absolute Gasteiger partial charge is 0.288 e. The molecule has 160 valence electrons. The summed E-state index contributed by atoms with van der Waals surface area (Å²) in [6.07, 6.45) is 1.77. The second kappa shape index (κ2) is 7.32. The van der Waals surface area contributed by atoms with Crippen molar-refractivity contribution in [1.29, 1.82) is 0 Å². The topological polar surface area (TPSA) is 34.1 Å². The summed E-state index contributed by atoms with van der Waals surface area (Å²) in [4.78, 5) is 28.3. The highest BCUT2D eigenvalue weighted by atomic mass is 32.1. The minimum absolute atomic E-state index is 0.182. The molecule has 6 aromatic rings. The highest BCUT2D eigenvalue weighted by molar-refractivity contribution is 7.30. The van der Waals surface area contributed by atoms with Gasteiger partial charge in [0.15, 0.2) is 11.6 Å². The second-order valence-electron chi connectivity index (χ2n) is 8.48. The van der Waals surface area contributed by atoms with E-state index in [0.717, 1.165) is 15.6 Å². The van der Waals surface area contributed by atoms with E-state index in [1.807, 2.05) is 36.4 Å². The molecule has 0 unspecified atom stereocenters. The number of allylic oxidation sites excluding steroid dienone is 1. The van der Waals surface area contributed by atoms with Gasteiger partial charge in [0.1, 0.15) is 0 Å². The van der Waals surface area contributed by atoms with Crippen LogP contribution in [0.1, 0.15) is 25.6 Å².